The molecule has 2 fully saturated rings. The number of carbonyl (C=O) groups excluding carboxylic acids is 1. The van der Waals surface area contributed by atoms with Crippen molar-refractivity contribution in [2.45, 2.75) is 32.2 Å². The number of hydrogen-bond donors (Lipinski definition) is 1. The standard InChI is InChI=1S/C12H23N3O/c1-11-3-2-7-15(11)12(16)4-8-14-9-5-13-6-10-14/h11,13H,2-10H2,1H3. The van der Waals surface area contributed by atoms with Crippen molar-refractivity contribution in [1.29, 1.82) is 0 Å². The first kappa shape index (κ1) is 11.9. The molecule has 1 unspecified atom stereocenters. The summed E-state index contributed by atoms with van der Waals surface area (Å²) < 4.78 is 0. The molecule has 2 saturated heterocycles. The van der Waals surface area contributed by atoms with E-state index in [1.54, 1.807) is 0 Å². The van der Waals surface area contributed by atoms with Gasteiger partial charge in [0, 0.05) is 51.7 Å². The van der Waals surface area contributed by atoms with E-state index in [1.165, 1.54) is 12.8 Å². The first-order valence-corrected chi connectivity index (χ1v) is 6.50. The van der Waals surface area contributed by atoms with Gasteiger partial charge in [-0.2, -0.15) is 0 Å². The Morgan fingerprint density at radius 3 is 2.69 bits per heavy atom. The van der Waals surface area contributed by atoms with Gasteiger partial charge in [-0.05, 0) is 19.8 Å². The van der Waals surface area contributed by atoms with Crippen molar-refractivity contribution < 1.29 is 4.79 Å². The molecule has 0 spiro atoms. The van der Waals surface area contributed by atoms with Crippen LogP contribution in [0.5, 0.6) is 0 Å². The molecule has 0 aliphatic carbocycles. The molecule has 0 saturated carbocycles. The quantitative estimate of drug-likeness (QED) is 0.750. The molecule has 2 aliphatic rings. The monoisotopic (exact) mass is 225 g/mol. The maximum Gasteiger partial charge on any atom is 0.224 e. The highest BCUT2D eigenvalue weighted by Gasteiger charge is 2.25. The molecule has 0 aromatic heterocycles. The number of nitrogens with zero attached hydrogens (tertiary/aromatic N) is 2. The molecule has 4 nitrogen and oxygen atoms in total. The van der Waals surface area contributed by atoms with Gasteiger partial charge in [-0.25, -0.2) is 0 Å². The Kier molecular flexibility index (Phi) is 4.18. The molecule has 4 heteroatoms. The summed E-state index contributed by atoms with van der Waals surface area (Å²) >= 11 is 0. The van der Waals surface area contributed by atoms with Crippen LogP contribution in [0.3, 0.4) is 0 Å². The number of likely N-dealkylation sites (tertiary alicyclic amines) is 1. The molecular formula is C12H23N3O. The number of amides is 1. The van der Waals surface area contributed by atoms with Gasteiger partial charge in [-0.15, -0.1) is 0 Å². The van der Waals surface area contributed by atoms with Crippen LogP contribution in [-0.4, -0.2) is 61.0 Å². The smallest absolute Gasteiger partial charge is 0.224 e. The minimum Gasteiger partial charge on any atom is -0.340 e. The SMILES string of the molecule is CC1CCCN1C(=O)CCN1CCNCC1. The highest BCUT2D eigenvalue weighted by atomic mass is 16.2. The Hall–Kier alpha value is -0.610. The van der Waals surface area contributed by atoms with Crippen molar-refractivity contribution in [3.8, 4) is 0 Å². The fraction of sp³-hybridized carbons (Fsp3) is 0.917. The zero-order valence-electron chi connectivity index (χ0n) is 10.2. The van der Waals surface area contributed by atoms with Gasteiger partial charge >= 0.3 is 0 Å². The predicted octanol–water partition coefficient (Wildman–Crippen LogP) is 0.293. The summed E-state index contributed by atoms with van der Waals surface area (Å²) in [6.45, 7) is 8.37. The van der Waals surface area contributed by atoms with E-state index in [9.17, 15) is 4.79 Å². The summed E-state index contributed by atoms with van der Waals surface area (Å²) in [7, 11) is 0. The molecule has 16 heavy (non-hydrogen) atoms. The average Bonchev–Trinajstić information content (AvgIpc) is 2.74. The molecule has 92 valence electrons. The van der Waals surface area contributed by atoms with Gasteiger partial charge in [0.05, 0.1) is 0 Å². The summed E-state index contributed by atoms with van der Waals surface area (Å²) in [5.74, 6) is 0.350. The number of rotatable bonds is 3. The maximum atomic E-state index is 12.0. The van der Waals surface area contributed by atoms with Crippen molar-refractivity contribution >= 4 is 5.91 Å². The van der Waals surface area contributed by atoms with Crippen molar-refractivity contribution in [3.05, 3.63) is 0 Å². The van der Waals surface area contributed by atoms with E-state index in [-0.39, 0.29) is 0 Å². The van der Waals surface area contributed by atoms with Gasteiger partial charge in [-0.3, -0.25) is 4.79 Å². The Morgan fingerprint density at radius 2 is 2.06 bits per heavy atom. The van der Waals surface area contributed by atoms with E-state index in [0.717, 1.165) is 39.3 Å². The lowest BCUT2D eigenvalue weighted by Crippen LogP contribution is -2.45. The van der Waals surface area contributed by atoms with E-state index in [1.807, 2.05) is 0 Å². The van der Waals surface area contributed by atoms with E-state index in [0.29, 0.717) is 18.4 Å². The second-order valence-corrected chi connectivity index (χ2v) is 4.92. The summed E-state index contributed by atoms with van der Waals surface area (Å²) in [6.07, 6.45) is 3.06. The molecule has 1 atom stereocenters. The molecule has 2 aliphatic heterocycles. The lowest BCUT2D eigenvalue weighted by molar-refractivity contribution is -0.132. The number of piperazine rings is 1. The van der Waals surface area contributed by atoms with Crippen LogP contribution in [0.4, 0.5) is 0 Å². The highest BCUT2D eigenvalue weighted by Crippen LogP contribution is 2.17. The lowest BCUT2D eigenvalue weighted by Gasteiger charge is -2.28. The minimum absolute atomic E-state index is 0.350. The van der Waals surface area contributed by atoms with Gasteiger partial charge in [0.1, 0.15) is 0 Å². The maximum absolute atomic E-state index is 12.0. The highest BCUT2D eigenvalue weighted by molar-refractivity contribution is 5.77. The Labute approximate surface area is 98.0 Å². The number of hydrogen-bond acceptors (Lipinski definition) is 3. The molecule has 1 amide bonds. The summed E-state index contributed by atoms with van der Waals surface area (Å²) in [5.41, 5.74) is 0. The van der Waals surface area contributed by atoms with E-state index in [4.69, 9.17) is 0 Å². The summed E-state index contributed by atoms with van der Waals surface area (Å²) in [6, 6.07) is 0.468. The fourth-order valence-electron chi connectivity index (χ4n) is 2.64. The van der Waals surface area contributed by atoms with Crippen LogP contribution in [0.15, 0.2) is 0 Å². The lowest BCUT2D eigenvalue weighted by atomic mass is 10.2. The van der Waals surface area contributed by atoms with E-state index in [2.05, 4.69) is 22.0 Å². The molecule has 0 aromatic rings. The fourth-order valence-corrected chi connectivity index (χ4v) is 2.64. The first-order chi connectivity index (χ1) is 7.77. The van der Waals surface area contributed by atoms with Crippen molar-refractivity contribution in [3.63, 3.8) is 0 Å². The zero-order valence-corrected chi connectivity index (χ0v) is 10.2. The third-order valence-electron chi connectivity index (χ3n) is 3.72. The van der Waals surface area contributed by atoms with Crippen LogP contribution in [-0.2, 0) is 4.79 Å². The minimum atomic E-state index is 0.350. The van der Waals surface area contributed by atoms with Gasteiger partial charge in [0.15, 0.2) is 0 Å². The van der Waals surface area contributed by atoms with Crippen LogP contribution in [0, 0.1) is 0 Å². The van der Waals surface area contributed by atoms with Crippen molar-refractivity contribution in [2.24, 2.45) is 0 Å². The van der Waals surface area contributed by atoms with Crippen LogP contribution >= 0.6 is 0 Å². The van der Waals surface area contributed by atoms with Crippen LogP contribution in [0.2, 0.25) is 0 Å². The molecule has 0 radical (unpaired) electrons. The van der Waals surface area contributed by atoms with Gasteiger partial charge in [0.2, 0.25) is 5.91 Å². The van der Waals surface area contributed by atoms with E-state index < -0.39 is 0 Å². The number of nitrogens with one attached hydrogen (secondary N) is 1. The molecule has 0 aromatic carbocycles. The van der Waals surface area contributed by atoms with Crippen LogP contribution in [0.1, 0.15) is 26.2 Å². The molecular weight excluding hydrogens is 202 g/mol. The molecule has 0 bridgehead atoms. The average molecular weight is 225 g/mol. The molecule has 2 heterocycles. The van der Waals surface area contributed by atoms with E-state index >= 15 is 0 Å². The van der Waals surface area contributed by atoms with Gasteiger partial charge in [0.25, 0.3) is 0 Å². The van der Waals surface area contributed by atoms with Crippen LogP contribution in [0.25, 0.3) is 0 Å². The number of carbonyl (C=O) groups is 1. The second-order valence-electron chi connectivity index (χ2n) is 4.92. The second kappa shape index (κ2) is 5.64. The zero-order chi connectivity index (χ0) is 11.4. The Morgan fingerprint density at radius 1 is 1.31 bits per heavy atom. The van der Waals surface area contributed by atoms with Crippen molar-refractivity contribution in [1.82, 2.24) is 15.1 Å². The summed E-state index contributed by atoms with van der Waals surface area (Å²) in [4.78, 5) is 16.4. The van der Waals surface area contributed by atoms with Gasteiger partial charge < -0.3 is 15.1 Å². The Bertz CT molecular complexity index is 238. The summed E-state index contributed by atoms with van der Waals surface area (Å²) in [5, 5.41) is 3.33. The third kappa shape index (κ3) is 2.95. The molecule has 2 rings (SSSR count). The predicted molar refractivity (Wildman–Crippen MR) is 64.3 cm³/mol. The molecule has 1 N–H and O–H groups in total. The first-order valence-electron chi connectivity index (χ1n) is 6.50. The normalized spacial score (nSPS) is 27.3. The van der Waals surface area contributed by atoms with Crippen molar-refractivity contribution in [2.75, 3.05) is 39.3 Å². The Balaban J connectivity index is 1.70. The topological polar surface area (TPSA) is 35.6 Å². The van der Waals surface area contributed by atoms with Gasteiger partial charge in [-0.1, -0.05) is 0 Å². The third-order valence-corrected chi connectivity index (χ3v) is 3.72. The largest absolute Gasteiger partial charge is 0.340 e. The van der Waals surface area contributed by atoms with Crippen LogP contribution < -0.4 is 5.32 Å².